The summed E-state index contributed by atoms with van der Waals surface area (Å²) in [6, 6.07) is 25.0. The molecule has 1 aromatic heterocycles. The molecule has 4 aromatic rings. The predicted octanol–water partition coefficient (Wildman–Crippen LogP) is 5.59. The molecule has 0 atom stereocenters. The number of ketones is 1. The number of hydrogen-bond acceptors (Lipinski definition) is 3. The average molecular weight is 394 g/mol. The second-order valence-electron chi connectivity index (χ2n) is 7.29. The SMILES string of the molecule is CC(=O)c1ccc(NC(=O)Cc2c(C)nc3ccccc3c2-c2ccccc2)cc1. The number of rotatable bonds is 5. The number of fused-ring (bicyclic) bond motifs is 1. The van der Waals surface area contributed by atoms with Gasteiger partial charge in [-0.3, -0.25) is 14.6 Å². The summed E-state index contributed by atoms with van der Waals surface area (Å²) in [7, 11) is 0. The Kier molecular flexibility index (Phi) is 5.40. The first-order valence-corrected chi connectivity index (χ1v) is 9.87. The maximum atomic E-state index is 12.9. The number of anilines is 1. The number of carbonyl (C=O) groups excluding carboxylic acids is 2. The van der Waals surface area contributed by atoms with Gasteiger partial charge in [0, 0.05) is 22.3 Å². The normalized spacial score (nSPS) is 10.7. The van der Waals surface area contributed by atoms with Crippen LogP contribution < -0.4 is 5.32 Å². The third-order valence-electron chi connectivity index (χ3n) is 5.18. The fourth-order valence-corrected chi connectivity index (χ4v) is 3.68. The van der Waals surface area contributed by atoms with Crippen LogP contribution >= 0.6 is 0 Å². The van der Waals surface area contributed by atoms with Gasteiger partial charge < -0.3 is 5.32 Å². The summed E-state index contributed by atoms with van der Waals surface area (Å²) in [6.45, 7) is 3.47. The van der Waals surface area contributed by atoms with E-state index in [2.05, 4.69) is 17.4 Å². The van der Waals surface area contributed by atoms with E-state index in [1.807, 2.05) is 49.4 Å². The van der Waals surface area contributed by atoms with Crippen molar-refractivity contribution in [2.45, 2.75) is 20.3 Å². The van der Waals surface area contributed by atoms with E-state index in [4.69, 9.17) is 4.98 Å². The average Bonchev–Trinajstić information content (AvgIpc) is 2.75. The minimum atomic E-state index is -0.122. The molecule has 0 spiro atoms. The van der Waals surface area contributed by atoms with E-state index in [-0.39, 0.29) is 18.1 Å². The summed E-state index contributed by atoms with van der Waals surface area (Å²) >= 11 is 0. The van der Waals surface area contributed by atoms with Crippen molar-refractivity contribution in [1.82, 2.24) is 4.98 Å². The second kappa shape index (κ2) is 8.29. The Balaban J connectivity index is 1.70. The van der Waals surface area contributed by atoms with E-state index in [0.717, 1.165) is 33.3 Å². The van der Waals surface area contributed by atoms with Crippen molar-refractivity contribution in [2.24, 2.45) is 0 Å². The third kappa shape index (κ3) is 3.98. The number of nitrogens with zero attached hydrogens (tertiary/aromatic N) is 1. The van der Waals surface area contributed by atoms with Gasteiger partial charge in [0.25, 0.3) is 0 Å². The van der Waals surface area contributed by atoms with Crippen molar-refractivity contribution in [1.29, 1.82) is 0 Å². The van der Waals surface area contributed by atoms with Crippen LogP contribution in [-0.4, -0.2) is 16.7 Å². The van der Waals surface area contributed by atoms with Crippen LogP contribution in [0.15, 0.2) is 78.9 Å². The van der Waals surface area contributed by atoms with Gasteiger partial charge in [-0.15, -0.1) is 0 Å². The van der Waals surface area contributed by atoms with Crippen LogP contribution in [0.2, 0.25) is 0 Å². The Morgan fingerprint density at radius 2 is 1.53 bits per heavy atom. The van der Waals surface area contributed by atoms with Crippen LogP contribution in [0.3, 0.4) is 0 Å². The Morgan fingerprint density at radius 3 is 2.23 bits per heavy atom. The van der Waals surface area contributed by atoms with E-state index in [1.54, 1.807) is 24.3 Å². The monoisotopic (exact) mass is 394 g/mol. The number of pyridine rings is 1. The molecule has 0 aliphatic rings. The Bertz CT molecular complexity index is 1230. The molecule has 1 N–H and O–H groups in total. The van der Waals surface area contributed by atoms with Crippen LogP contribution in [0.4, 0.5) is 5.69 Å². The van der Waals surface area contributed by atoms with Gasteiger partial charge in [0.15, 0.2) is 5.78 Å². The van der Waals surface area contributed by atoms with Crippen molar-refractivity contribution in [3.63, 3.8) is 0 Å². The number of nitrogens with one attached hydrogen (secondary N) is 1. The number of hydrogen-bond donors (Lipinski definition) is 1. The highest BCUT2D eigenvalue weighted by molar-refractivity contribution is 6.00. The zero-order valence-corrected chi connectivity index (χ0v) is 17.0. The molecule has 3 aromatic carbocycles. The molecule has 4 nitrogen and oxygen atoms in total. The summed E-state index contributed by atoms with van der Waals surface area (Å²) < 4.78 is 0. The molecular formula is C26H22N2O2. The lowest BCUT2D eigenvalue weighted by Crippen LogP contribution is -2.16. The third-order valence-corrected chi connectivity index (χ3v) is 5.18. The van der Waals surface area contributed by atoms with Crippen LogP contribution in [0, 0.1) is 6.92 Å². The van der Waals surface area contributed by atoms with Crippen LogP contribution in [0.5, 0.6) is 0 Å². The molecule has 1 amide bonds. The number of carbonyl (C=O) groups is 2. The molecule has 0 fully saturated rings. The molecule has 0 aliphatic carbocycles. The Hall–Kier alpha value is -3.79. The topological polar surface area (TPSA) is 59.1 Å². The fraction of sp³-hybridized carbons (Fsp3) is 0.115. The number of amides is 1. The minimum absolute atomic E-state index is 0.00163. The molecule has 0 saturated carbocycles. The van der Waals surface area contributed by atoms with Gasteiger partial charge in [-0.05, 0) is 60.9 Å². The summed E-state index contributed by atoms with van der Waals surface area (Å²) in [4.78, 5) is 29.0. The maximum absolute atomic E-state index is 12.9. The van der Waals surface area contributed by atoms with Crippen LogP contribution in [0.1, 0.15) is 28.5 Å². The highest BCUT2D eigenvalue weighted by Gasteiger charge is 2.17. The van der Waals surface area contributed by atoms with Gasteiger partial charge in [0.1, 0.15) is 0 Å². The molecular weight excluding hydrogens is 372 g/mol. The van der Waals surface area contributed by atoms with Gasteiger partial charge >= 0.3 is 0 Å². The first kappa shape index (κ1) is 19.5. The lowest BCUT2D eigenvalue weighted by atomic mass is 9.92. The van der Waals surface area contributed by atoms with E-state index in [0.29, 0.717) is 11.3 Å². The highest BCUT2D eigenvalue weighted by atomic mass is 16.1. The summed E-state index contributed by atoms with van der Waals surface area (Å²) in [5.74, 6) is -0.124. The molecule has 1 heterocycles. The second-order valence-corrected chi connectivity index (χ2v) is 7.29. The van der Waals surface area contributed by atoms with Crippen molar-refractivity contribution in [3.8, 4) is 11.1 Å². The lowest BCUT2D eigenvalue weighted by Gasteiger charge is -2.16. The first-order chi connectivity index (χ1) is 14.5. The summed E-state index contributed by atoms with van der Waals surface area (Å²) in [5, 5.41) is 3.96. The molecule has 148 valence electrons. The fourth-order valence-electron chi connectivity index (χ4n) is 3.68. The number of aromatic nitrogens is 1. The number of para-hydroxylation sites is 1. The Morgan fingerprint density at radius 1 is 0.867 bits per heavy atom. The quantitative estimate of drug-likeness (QED) is 0.449. The van der Waals surface area contributed by atoms with Crippen molar-refractivity contribution >= 4 is 28.3 Å². The highest BCUT2D eigenvalue weighted by Crippen LogP contribution is 2.33. The summed E-state index contributed by atoms with van der Waals surface area (Å²) in [6.07, 6.45) is 0.211. The zero-order valence-electron chi connectivity index (χ0n) is 17.0. The van der Waals surface area contributed by atoms with Gasteiger partial charge in [-0.1, -0.05) is 48.5 Å². The van der Waals surface area contributed by atoms with Gasteiger partial charge in [0.05, 0.1) is 11.9 Å². The molecule has 0 bridgehead atoms. The lowest BCUT2D eigenvalue weighted by molar-refractivity contribution is -0.115. The first-order valence-electron chi connectivity index (χ1n) is 9.87. The minimum Gasteiger partial charge on any atom is -0.326 e. The molecule has 0 aliphatic heterocycles. The predicted molar refractivity (Wildman–Crippen MR) is 121 cm³/mol. The van der Waals surface area contributed by atoms with Gasteiger partial charge in [-0.25, -0.2) is 0 Å². The maximum Gasteiger partial charge on any atom is 0.228 e. The van der Waals surface area contributed by atoms with E-state index in [1.165, 1.54) is 6.92 Å². The smallest absolute Gasteiger partial charge is 0.228 e. The number of Topliss-reactive ketones (excluding diaryl/α,β-unsaturated/α-hetero) is 1. The van der Waals surface area contributed by atoms with Crippen molar-refractivity contribution in [2.75, 3.05) is 5.32 Å². The Labute approximate surface area is 175 Å². The summed E-state index contributed by atoms with van der Waals surface area (Å²) in [5.41, 5.74) is 6.06. The number of benzene rings is 3. The largest absolute Gasteiger partial charge is 0.326 e. The molecule has 4 rings (SSSR count). The van der Waals surface area contributed by atoms with Crippen molar-refractivity contribution in [3.05, 3.63) is 95.7 Å². The van der Waals surface area contributed by atoms with Gasteiger partial charge in [0.2, 0.25) is 5.91 Å². The molecule has 0 saturated heterocycles. The number of aryl methyl sites for hydroxylation is 1. The van der Waals surface area contributed by atoms with Crippen LogP contribution in [0.25, 0.3) is 22.0 Å². The van der Waals surface area contributed by atoms with Gasteiger partial charge in [-0.2, -0.15) is 0 Å². The van der Waals surface area contributed by atoms with Crippen molar-refractivity contribution < 1.29 is 9.59 Å². The molecule has 30 heavy (non-hydrogen) atoms. The standard InChI is InChI=1S/C26H22N2O2/c1-17-23(16-25(30)28-21-14-12-19(13-15-21)18(2)29)26(20-8-4-3-5-9-20)22-10-6-7-11-24(22)27-17/h3-15H,16H2,1-2H3,(H,28,30). The van der Waals surface area contributed by atoms with E-state index < -0.39 is 0 Å². The molecule has 0 unspecified atom stereocenters. The molecule has 0 radical (unpaired) electrons. The van der Waals surface area contributed by atoms with E-state index >= 15 is 0 Å². The molecule has 4 heteroatoms. The van der Waals surface area contributed by atoms with Crippen LogP contribution in [-0.2, 0) is 11.2 Å². The zero-order chi connectivity index (χ0) is 21.1. The van der Waals surface area contributed by atoms with E-state index in [9.17, 15) is 9.59 Å².